The van der Waals surface area contributed by atoms with Gasteiger partial charge in [-0.3, -0.25) is 0 Å². The molecule has 0 spiro atoms. The van der Waals surface area contributed by atoms with Crippen molar-refractivity contribution in [3.05, 3.63) is 12.2 Å². The molecule has 1 N–H and O–H groups in total. The first-order chi connectivity index (χ1) is 11.3. The van der Waals surface area contributed by atoms with Crippen molar-refractivity contribution in [2.24, 2.45) is 0 Å². The normalized spacial score (nSPS) is 11.8. The van der Waals surface area contributed by atoms with Gasteiger partial charge in [0.1, 0.15) is 0 Å². The number of ether oxygens (including phenoxy) is 2. The second-order valence-electron chi connectivity index (χ2n) is 6.22. The average Bonchev–Trinajstić information content (AvgIpc) is 2.57. The van der Waals surface area contributed by atoms with Crippen molar-refractivity contribution in [2.75, 3.05) is 19.8 Å². The zero-order valence-electron chi connectivity index (χ0n) is 15.6. The summed E-state index contributed by atoms with van der Waals surface area (Å²) in [6.45, 7) is 6.26. The van der Waals surface area contributed by atoms with Crippen LogP contribution in [0.3, 0.4) is 0 Å². The van der Waals surface area contributed by atoms with Crippen LogP contribution in [0.15, 0.2) is 12.2 Å². The highest BCUT2D eigenvalue weighted by atomic mass is 16.7. The standard InChI is InChI=1S/C20H40O3/c1-3-5-7-9-14-18-22-20(16-12-11-13-17-21)23-19-15-10-8-6-4-2/h11-12,20-21H,3-10,13-19H2,1-2H3/b12-11-. The molecule has 0 amide bonds. The van der Waals surface area contributed by atoms with E-state index in [-0.39, 0.29) is 12.9 Å². The molecule has 0 heterocycles. The number of aliphatic hydroxyl groups excluding tert-OH is 1. The minimum absolute atomic E-state index is 0.123. The summed E-state index contributed by atoms with van der Waals surface area (Å²) >= 11 is 0. The number of rotatable bonds is 18. The fourth-order valence-electron chi connectivity index (χ4n) is 2.42. The lowest BCUT2D eigenvalue weighted by Crippen LogP contribution is -2.18. The summed E-state index contributed by atoms with van der Waals surface area (Å²) in [7, 11) is 0. The second kappa shape index (κ2) is 19.7. The Balaban J connectivity index is 3.79. The van der Waals surface area contributed by atoms with Crippen molar-refractivity contribution < 1.29 is 14.6 Å². The fraction of sp³-hybridized carbons (Fsp3) is 0.900. The molecule has 0 fully saturated rings. The minimum Gasteiger partial charge on any atom is -0.396 e. The largest absolute Gasteiger partial charge is 0.396 e. The van der Waals surface area contributed by atoms with E-state index in [1.165, 1.54) is 51.4 Å². The van der Waals surface area contributed by atoms with E-state index in [0.717, 1.165) is 32.5 Å². The van der Waals surface area contributed by atoms with Gasteiger partial charge in [0.2, 0.25) is 0 Å². The third-order valence-corrected chi connectivity index (χ3v) is 3.89. The van der Waals surface area contributed by atoms with E-state index in [1.54, 1.807) is 0 Å². The van der Waals surface area contributed by atoms with E-state index >= 15 is 0 Å². The molecule has 0 aliphatic carbocycles. The van der Waals surface area contributed by atoms with Crippen molar-refractivity contribution in [3.8, 4) is 0 Å². The molecule has 0 aromatic heterocycles. The Morgan fingerprint density at radius 2 is 1.26 bits per heavy atom. The zero-order chi connectivity index (χ0) is 17.0. The first kappa shape index (κ1) is 22.6. The Bertz CT molecular complexity index is 225. The lowest BCUT2D eigenvalue weighted by Gasteiger charge is -2.17. The maximum absolute atomic E-state index is 8.81. The number of hydrogen-bond donors (Lipinski definition) is 1. The Labute approximate surface area is 144 Å². The predicted molar refractivity (Wildman–Crippen MR) is 98.7 cm³/mol. The molecule has 0 aromatic carbocycles. The Morgan fingerprint density at radius 1 is 0.739 bits per heavy atom. The van der Waals surface area contributed by atoms with Crippen LogP contribution >= 0.6 is 0 Å². The minimum atomic E-state index is -0.123. The molecule has 0 rings (SSSR count). The van der Waals surface area contributed by atoms with E-state index in [0.29, 0.717) is 6.42 Å². The highest BCUT2D eigenvalue weighted by Gasteiger charge is 2.07. The number of unbranched alkanes of at least 4 members (excludes halogenated alkanes) is 8. The highest BCUT2D eigenvalue weighted by molar-refractivity contribution is 4.82. The summed E-state index contributed by atoms with van der Waals surface area (Å²) in [5.74, 6) is 0. The van der Waals surface area contributed by atoms with Crippen molar-refractivity contribution in [1.82, 2.24) is 0 Å². The molecule has 0 aliphatic heterocycles. The fourth-order valence-corrected chi connectivity index (χ4v) is 2.42. The monoisotopic (exact) mass is 328 g/mol. The molecule has 0 atom stereocenters. The molecule has 0 aromatic rings. The molecule has 0 radical (unpaired) electrons. The van der Waals surface area contributed by atoms with Crippen LogP contribution in [0.5, 0.6) is 0 Å². The van der Waals surface area contributed by atoms with Crippen LogP contribution in [0.4, 0.5) is 0 Å². The van der Waals surface area contributed by atoms with Crippen LogP contribution in [-0.2, 0) is 9.47 Å². The Morgan fingerprint density at radius 3 is 1.74 bits per heavy atom. The third kappa shape index (κ3) is 17.8. The van der Waals surface area contributed by atoms with Crippen LogP contribution in [0.2, 0.25) is 0 Å². The molecule has 3 nitrogen and oxygen atoms in total. The molecule has 138 valence electrons. The van der Waals surface area contributed by atoms with E-state index in [4.69, 9.17) is 14.6 Å². The Hall–Kier alpha value is -0.380. The smallest absolute Gasteiger partial charge is 0.160 e. The summed E-state index contributed by atoms with van der Waals surface area (Å²) < 4.78 is 11.8. The molecule has 0 aliphatic rings. The number of aliphatic hydroxyl groups is 1. The van der Waals surface area contributed by atoms with E-state index in [2.05, 4.69) is 19.9 Å². The number of hydrogen-bond acceptors (Lipinski definition) is 3. The topological polar surface area (TPSA) is 38.7 Å². The zero-order valence-corrected chi connectivity index (χ0v) is 15.6. The maximum Gasteiger partial charge on any atom is 0.160 e. The SMILES string of the molecule is CCCCCCCOC(C/C=C\CCO)OCCCCCCC. The van der Waals surface area contributed by atoms with E-state index in [9.17, 15) is 0 Å². The van der Waals surface area contributed by atoms with Crippen LogP contribution < -0.4 is 0 Å². The van der Waals surface area contributed by atoms with Crippen LogP contribution in [0.25, 0.3) is 0 Å². The van der Waals surface area contributed by atoms with E-state index in [1.807, 2.05) is 6.08 Å². The van der Waals surface area contributed by atoms with Gasteiger partial charge in [-0.05, 0) is 19.3 Å². The molecule has 0 saturated carbocycles. The van der Waals surface area contributed by atoms with Gasteiger partial charge < -0.3 is 14.6 Å². The Kier molecular flexibility index (Phi) is 19.3. The third-order valence-electron chi connectivity index (χ3n) is 3.89. The van der Waals surface area contributed by atoms with Crippen molar-refractivity contribution in [1.29, 1.82) is 0 Å². The molecule has 0 bridgehead atoms. The quantitative estimate of drug-likeness (QED) is 0.202. The van der Waals surface area contributed by atoms with Gasteiger partial charge in [0, 0.05) is 26.2 Å². The second-order valence-corrected chi connectivity index (χ2v) is 6.22. The van der Waals surface area contributed by atoms with Gasteiger partial charge in [-0.2, -0.15) is 0 Å². The lowest BCUT2D eigenvalue weighted by molar-refractivity contribution is -0.141. The van der Waals surface area contributed by atoms with Gasteiger partial charge >= 0.3 is 0 Å². The lowest BCUT2D eigenvalue weighted by atomic mass is 10.2. The summed E-state index contributed by atoms with van der Waals surface area (Å²) in [5.41, 5.74) is 0. The molecule has 0 unspecified atom stereocenters. The van der Waals surface area contributed by atoms with Gasteiger partial charge in [0.25, 0.3) is 0 Å². The van der Waals surface area contributed by atoms with Gasteiger partial charge in [-0.15, -0.1) is 0 Å². The molecule has 23 heavy (non-hydrogen) atoms. The van der Waals surface area contributed by atoms with Gasteiger partial charge in [-0.1, -0.05) is 77.4 Å². The summed E-state index contributed by atoms with van der Waals surface area (Å²) in [4.78, 5) is 0. The van der Waals surface area contributed by atoms with Crippen molar-refractivity contribution >= 4 is 0 Å². The van der Waals surface area contributed by atoms with Gasteiger partial charge in [0.15, 0.2) is 6.29 Å². The first-order valence-corrected chi connectivity index (χ1v) is 9.84. The highest BCUT2D eigenvalue weighted by Crippen LogP contribution is 2.09. The average molecular weight is 329 g/mol. The predicted octanol–water partition coefficient (Wildman–Crippen LogP) is 5.62. The van der Waals surface area contributed by atoms with Crippen molar-refractivity contribution in [3.63, 3.8) is 0 Å². The summed E-state index contributed by atoms with van der Waals surface area (Å²) in [6, 6.07) is 0. The maximum atomic E-state index is 8.81. The summed E-state index contributed by atoms with van der Waals surface area (Å²) in [6.07, 6.45) is 18.0. The molecular weight excluding hydrogens is 288 g/mol. The molecule has 3 heteroatoms. The van der Waals surface area contributed by atoms with Gasteiger partial charge in [0.05, 0.1) is 0 Å². The van der Waals surface area contributed by atoms with E-state index < -0.39 is 0 Å². The van der Waals surface area contributed by atoms with Crippen LogP contribution in [0.1, 0.15) is 90.9 Å². The van der Waals surface area contributed by atoms with Gasteiger partial charge in [-0.25, -0.2) is 0 Å². The molecular formula is C20H40O3. The van der Waals surface area contributed by atoms with Crippen LogP contribution in [-0.4, -0.2) is 31.2 Å². The van der Waals surface area contributed by atoms with Crippen molar-refractivity contribution in [2.45, 2.75) is 97.2 Å². The molecule has 0 saturated heterocycles. The first-order valence-electron chi connectivity index (χ1n) is 9.84. The van der Waals surface area contributed by atoms with Crippen LogP contribution in [0, 0.1) is 0 Å². The summed E-state index contributed by atoms with van der Waals surface area (Å²) in [5, 5.41) is 8.81.